The molecule has 0 aliphatic heterocycles. The number of aromatic amines is 1. The van der Waals surface area contributed by atoms with Gasteiger partial charge in [-0.05, 0) is 36.8 Å². The van der Waals surface area contributed by atoms with Crippen molar-refractivity contribution < 1.29 is 0 Å². The molecule has 19 heavy (non-hydrogen) atoms. The van der Waals surface area contributed by atoms with Crippen LogP contribution < -0.4 is 0 Å². The Morgan fingerprint density at radius 1 is 1.21 bits per heavy atom. The number of aryl methyl sites for hydroxylation is 3. The van der Waals surface area contributed by atoms with Crippen molar-refractivity contribution in [2.24, 2.45) is 0 Å². The highest BCUT2D eigenvalue weighted by Gasteiger charge is 2.07. The predicted molar refractivity (Wildman–Crippen MR) is 76.0 cm³/mol. The van der Waals surface area contributed by atoms with Crippen molar-refractivity contribution in [3.8, 4) is 6.07 Å². The molecule has 0 radical (unpaired) electrons. The van der Waals surface area contributed by atoms with E-state index in [4.69, 9.17) is 5.26 Å². The summed E-state index contributed by atoms with van der Waals surface area (Å²) in [4.78, 5) is 7.32. The molecule has 98 valence electrons. The molecule has 0 amide bonds. The molecule has 3 nitrogen and oxygen atoms in total. The molecule has 2 aromatic rings. The van der Waals surface area contributed by atoms with E-state index in [9.17, 15) is 0 Å². The molecule has 0 aliphatic rings. The molecular weight excluding hydrogens is 234 g/mol. The molecule has 0 saturated heterocycles. The standard InChI is InChI=1S/C16H19N3/c1-11(2)14-7-4-13(5-8-14)6-9-15-16(10-17)19-12(3)18-15/h4-5,7-8,11H,6,9H2,1-3H3,(H,18,19). The lowest BCUT2D eigenvalue weighted by atomic mass is 10.00. The maximum absolute atomic E-state index is 8.99. The van der Waals surface area contributed by atoms with E-state index >= 15 is 0 Å². The number of rotatable bonds is 4. The van der Waals surface area contributed by atoms with Crippen LogP contribution in [0, 0.1) is 18.3 Å². The normalized spacial score (nSPS) is 10.7. The number of imidazole rings is 1. The number of H-pyrrole nitrogens is 1. The minimum Gasteiger partial charge on any atom is -0.345 e. The Morgan fingerprint density at radius 2 is 1.89 bits per heavy atom. The highest BCUT2D eigenvalue weighted by Crippen LogP contribution is 2.16. The number of hydrogen-bond donors (Lipinski definition) is 1. The van der Waals surface area contributed by atoms with Crippen LogP contribution in [0.25, 0.3) is 0 Å². The highest BCUT2D eigenvalue weighted by molar-refractivity contribution is 5.29. The molecule has 0 bridgehead atoms. The van der Waals surface area contributed by atoms with Crippen LogP contribution in [0.4, 0.5) is 0 Å². The van der Waals surface area contributed by atoms with Gasteiger partial charge in [0.1, 0.15) is 11.9 Å². The summed E-state index contributed by atoms with van der Waals surface area (Å²) in [6.07, 6.45) is 1.75. The van der Waals surface area contributed by atoms with E-state index in [-0.39, 0.29) is 0 Å². The SMILES string of the molecule is Cc1nc(C#N)c(CCc2ccc(C(C)C)cc2)[nH]1. The Balaban J connectivity index is 2.04. The third-order valence-corrected chi connectivity index (χ3v) is 3.31. The van der Waals surface area contributed by atoms with E-state index in [1.165, 1.54) is 11.1 Å². The topological polar surface area (TPSA) is 52.5 Å². The maximum Gasteiger partial charge on any atom is 0.161 e. The zero-order valence-electron chi connectivity index (χ0n) is 11.7. The summed E-state index contributed by atoms with van der Waals surface area (Å²) >= 11 is 0. The molecule has 2 rings (SSSR count). The number of nitriles is 1. The Kier molecular flexibility index (Phi) is 4.01. The summed E-state index contributed by atoms with van der Waals surface area (Å²) in [5, 5.41) is 8.99. The van der Waals surface area contributed by atoms with Gasteiger partial charge in [0.25, 0.3) is 0 Å². The van der Waals surface area contributed by atoms with Crippen LogP contribution in [0.2, 0.25) is 0 Å². The van der Waals surface area contributed by atoms with Crippen LogP contribution in [0.1, 0.15) is 48.1 Å². The molecule has 1 heterocycles. The van der Waals surface area contributed by atoms with Crippen LogP contribution in [0.15, 0.2) is 24.3 Å². The third kappa shape index (κ3) is 3.23. The fraction of sp³-hybridized carbons (Fsp3) is 0.375. The van der Waals surface area contributed by atoms with Gasteiger partial charge in [0.05, 0.1) is 5.69 Å². The van der Waals surface area contributed by atoms with Gasteiger partial charge in [0.2, 0.25) is 0 Å². The van der Waals surface area contributed by atoms with Crippen LogP contribution >= 0.6 is 0 Å². The van der Waals surface area contributed by atoms with Crippen LogP contribution in [-0.2, 0) is 12.8 Å². The van der Waals surface area contributed by atoms with Gasteiger partial charge in [-0.2, -0.15) is 5.26 Å². The number of aromatic nitrogens is 2. The second-order valence-electron chi connectivity index (χ2n) is 5.16. The maximum atomic E-state index is 8.99. The summed E-state index contributed by atoms with van der Waals surface area (Å²) in [6.45, 7) is 6.27. The minimum atomic E-state index is 0.524. The van der Waals surface area contributed by atoms with Gasteiger partial charge in [0.15, 0.2) is 5.69 Å². The molecule has 0 spiro atoms. The lowest BCUT2D eigenvalue weighted by Crippen LogP contribution is -1.95. The molecule has 1 aromatic heterocycles. The van der Waals surface area contributed by atoms with E-state index in [1.54, 1.807) is 0 Å². The van der Waals surface area contributed by atoms with Crippen molar-refractivity contribution in [3.63, 3.8) is 0 Å². The first-order valence-corrected chi connectivity index (χ1v) is 6.64. The Hall–Kier alpha value is -2.08. The van der Waals surface area contributed by atoms with Crippen molar-refractivity contribution in [3.05, 3.63) is 52.6 Å². The monoisotopic (exact) mass is 253 g/mol. The van der Waals surface area contributed by atoms with E-state index < -0.39 is 0 Å². The van der Waals surface area contributed by atoms with E-state index in [0.717, 1.165) is 24.4 Å². The lowest BCUT2D eigenvalue weighted by molar-refractivity contribution is 0.861. The van der Waals surface area contributed by atoms with Gasteiger partial charge in [-0.15, -0.1) is 0 Å². The molecule has 0 fully saturated rings. The minimum absolute atomic E-state index is 0.524. The second kappa shape index (κ2) is 5.71. The first-order chi connectivity index (χ1) is 9.10. The van der Waals surface area contributed by atoms with Crippen LogP contribution in [0.3, 0.4) is 0 Å². The Morgan fingerprint density at radius 3 is 2.47 bits per heavy atom. The van der Waals surface area contributed by atoms with E-state index in [2.05, 4.69) is 54.2 Å². The first-order valence-electron chi connectivity index (χ1n) is 6.64. The third-order valence-electron chi connectivity index (χ3n) is 3.31. The zero-order valence-corrected chi connectivity index (χ0v) is 11.7. The summed E-state index contributed by atoms with van der Waals surface area (Å²) in [5.41, 5.74) is 4.11. The number of nitrogens with one attached hydrogen (secondary N) is 1. The summed E-state index contributed by atoms with van der Waals surface area (Å²) < 4.78 is 0. The summed E-state index contributed by atoms with van der Waals surface area (Å²) in [5.74, 6) is 1.37. The number of nitrogens with zero attached hydrogens (tertiary/aromatic N) is 2. The molecular formula is C16H19N3. The molecule has 1 N–H and O–H groups in total. The lowest BCUT2D eigenvalue weighted by Gasteiger charge is -2.06. The quantitative estimate of drug-likeness (QED) is 0.906. The average Bonchev–Trinajstić information content (AvgIpc) is 2.77. The van der Waals surface area contributed by atoms with Gasteiger partial charge >= 0.3 is 0 Å². The first kappa shape index (κ1) is 13.4. The van der Waals surface area contributed by atoms with Gasteiger partial charge in [-0.25, -0.2) is 4.98 Å². The highest BCUT2D eigenvalue weighted by atomic mass is 14.9. The average molecular weight is 253 g/mol. The molecule has 0 aliphatic carbocycles. The van der Waals surface area contributed by atoms with Crippen molar-refractivity contribution in [2.75, 3.05) is 0 Å². The Bertz CT molecular complexity index is 585. The second-order valence-corrected chi connectivity index (χ2v) is 5.16. The Labute approximate surface area is 114 Å². The van der Waals surface area contributed by atoms with Crippen LogP contribution in [-0.4, -0.2) is 9.97 Å². The van der Waals surface area contributed by atoms with Gasteiger partial charge < -0.3 is 4.98 Å². The summed E-state index contributed by atoms with van der Waals surface area (Å²) in [7, 11) is 0. The molecule has 1 aromatic carbocycles. The fourth-order valence-corrected chi connectivity index (χ4v) is 2.15. The molecule has 0 atom stereocenters. The fourth-order valence-electron chi connectivity index (χ4n) is 2.15. The number of benzene rings is 1. The van der Waals surface area contributed by atoms with E-state index in [0.29, 0.717) is 11.6 Å². The van der Waals surface area contributed by atoms with E-state index in [1.807, 2.05) is 6.92 Å². The number of hydrogen-bond acceptors (Lipinski definition) is 2. The summed E-state index contributed by atoms with van der Waals surface area (Å²) in [6, 6.07) is 10.8. The van der Waals surface area contributed by atoms with Crippen molar-refractivity contribution >= 4 is 0 Å². The smallest absolute Gasteiger partial charge is 0.161 e. The van der Waals surface area contributed by atoms with Gasteiger partial charge in [0, 0.05) is 0 Å². The van der Waals surface area contributed by atoms with Crippen molar-refractivity contribution in [2.45, 2.75) is 39.5 Å². The zero-order chi connectivity index (χ0) is 13.8. The molecule has 0 saturated carbocycles. The molecule has 0 unspecified atom stereocenters. The predicted octanol–water partition coefficient (Wildman–Crippen LogP) is 3.50. The largest absolute Gasteiger partial charge is 0.345 e. The van der Waals surface area contributed by atoms with Gasteiger partial charge in [-0.3, -0.25) is 0 Å². The van der Waals surface area contributed by atoms with Crippen molar-refractivity contribution in [1.29, 1.82) is 5.26 Å². The van der Waals surface area contributed by atoms with Crippen LogP contribution in [0.5, 0.6) is 0 Å². The van der Waals surface area contributed by atoms with Gasteiger partial charge in [-0.1, -0.05) is 38.1 Å². The van der Waals surface area contributed by atoms with Crippen molar-refractivity contribution in [1.82, 2.24) is 9.97 Å². The molecule has 3 heteroatoms.